The first-order chi connectivity index (χ1) is 19.1. The van der Waals surface area contributed by atoms with Gasteiger partial charge in [-0.3, -0.25) is 9.59 Å². The summed E-state index contributed by atoms with van der Waals surface area (Å²) >= 11 is 0. The van der Waals surface area contributed by atoms with Gasteiger partial charge in [0, 0.05) is 24.9 Å². The van der Waals surface area contributed by atoms with Crippen LogP contribution in [0, 0.1) is 11.8 Å². The van der Waals surface area contributed by atoms with E-state index >= 15 is 0 Å². The number of aromatic hydroxyl groups is 1. The zero-order valence-electron chi connectivity index (χ0n) is 21.9. The fourth-order valence-electron chi connectivity index (χ4n) is 5.68. The maximum Gasteiger partial charge on any atom is 0.244 e. The molecule has 2 aliphatic rings. The Morgan fingerprint density at radius 3 is 2.18 bits per heavy atom. The number of hydrazone groups is 1. The van der Waals surface area contributed by atoms with Crippen molar-refractivity contribution >= 4 is 18.0 Å². The van der Waals surface area contributed by atoms with Crippen LogP contribution in [-0.4, -0.2) is 60.9 Å². The minimum Gasteiger partial charge on any atom is -0.504 e. The number of ether oxygens (including phenoxy) is 2. The van der Waals surface area contributed by atoms with Crippen molar-refractivity contribution in [2.45, 2.75) is 18.8 Å². The second-order valence-corrected chi connectivity index (χ2v) is 9.76. The number of benzene rings is 3. The lowest BCUT2D eigenvalue weighted by atomic mass is 9.51. The van der Waals surface area contributed by atoms with Gasteiger partial charge in [-0.2, -0.15) is 5.10 Å². The van der Waals surface area contributed by atoms with Crippen LogP contribution in [0.1, 0.15) is 35.4 Å². The van der Waals surface area contributed by atoms with Gasteiger partial charge in [-0.15, -0.1) is 0 Å². The van der Waals surface area contributed by atoms with E-state index in [1.807, 2.05) is 72.5 Å². The zero-order chi connectivity index (χ0) is 27.2. The van der Waals surface area contributed by atoms with Crippen LogP contribution in [0.4, 0.5) is 0 Å². The maximum absolute atomic E-state index is 13.9. The van der Waals surface area contributed by atoms with Crippen LogP contribution in [0.15, 0.2) is 84.0 Å². The van der Waals surface area contributed by atoms with E-state index in [1.165, 1.54) is 12.3 Å². The lowest BCUT2D eigenvalue weighted by Crippen LogP contribution is -2.57. The van der Waals surface area contributed by atoms with Gasteiger partial charge in [0.05, 0.1) is 37.9 Å². The average Bonchev–Trinajstić information content (AvgIpc) is 2.96. The number of phenolic OH excluding ortho intramolecular Hbond substituents is 1. The number of rotatable bonds is 8. The van der Waals surface area contributed by atoms with Gasteiger partial charge in [-0.05, 0) is 41.8 Å². The van der Waals surface area contributed by atoms with Crippen molar-refractivity contribution in [2.75, 3.05) is 32.9 Å². The zero-order valence-corrected chi connectivity index (χ0v) is 21.9. The molecular formula is C31H33N3O5. The summed E-state index contributed by atoms with van der Waals surface area (Å²) in [5.41, 5.74) is 5.31. The van der Waals surface area contributed by atoms with Crippen molar-refractivity contribution < 1.29 is 24.2 Å². The van der Waals surface area contributed by atoms with Crippen molar-refractivity contribution in [3.05, 3.63) is 95.6 Å². The predicted molar refractivity (Wildman–Crippen MR) is 148 cm³/mol. The Kier molecular flexibility index (Phi) is 8.22. The third kappa shape index (κ3) is 5.66. The number of amides is 2. The van der Waals surface area contributed by atoms with E-state index in [0.29, 0.717) is 44.2 Å². The second kappa shape index (κ2) is 12.1. The maximum atomic E-state index is 13.9. The molecular weight excluding hydrogens is 494 g/mol. The molecule has 2 N–H and O–H groups in total. The van der Waals surface area contributed by atoms with Crippen LogP contribution in [0.5, 0.6) is 11.5 Å². The fraction of sp³-hybridized carbons (Fsp3) is 0.323. The highest BCUT2D eigenvalue weighted by Crippen LogP contribution is 2.58. The molecule has 1 aliphatic heterocycles. The topological polar surface area (TPSA) is 100 Å². The molecule has 1 saturated carbocycles. The van der Waals surface area contributed by atoms with Crippen LogP contribution in [0.2, 0.25) is 0 Å². The molecule has 2 amide bonds. The minimum absolute atomic E-state index is 0.0416. The van der Waals surface area contributed by atoms with E-state index in [4.69, 9.17) is 9.47 Å². The molecule has 2 atom stereocenters. The number of nitrogens with zero attached hydrogens (tertiary/aromatic N) is 2. The van der Waals surface area contributed by atoms with Crippen LogP contribution in [0.3, 0.4) is 0 Å². The number of carbonyl (C=O) groups excluding carboxylic acids is 2. The Balaban J connectivity index is 1.43. The molecule has 8 nitrogen and oxygen atoms in total. The van der Waals surface area contributed by atoms with E-state index < -0.39 is 5.92 Å². The summed E-state index contributed by atoms with van der Waals surface area (Å²) in [5, 5.41) is 14.2. The summed E-state index contributed by atoms with van der Waals surface area (Å²) in [4.78, 5) is 29.5. The van der Waals surface area contributed by atoms with E-state index in [9.17, 15) is 14.7 Å². The third-order valence-corrected chi connectivity index (χ3v) is 7.50. The molecule has 1 aliphatic carbocycles. The quantitative estimate of drug-likeness (QED) is 0.342. The first-order valence-electron chi connectivity index (χ1n) is 13.3. The molecule has 39 heavy (non-hydrogen) atoms. The standard InChI is InChI=1S/C31H33N3O5/c1-2-39-25-19-21(13-14-24(25)35)20-32-33-30(36)28-26(22-9-5-3-6-10-22)29(27(28)23-11-7-4-8-12-23)31(37)34-15-17-38-18-16-34/h3-14,19-20,26-29,35H,2,15-18H2,1H3,(H,33,36)/b32-20-/t26-,27-,28?,29?/m0/s1. The number of nitrogens with one attached hydrogen (secondary N) is 1. The van der Waals surface area contributed by atoms with Gasteiger partial charge >= 0.3 is 0 Å². The highest BCUT2D eigenvalue weighted by Gasteiger charge is 2.58. The van der Waals surface area contributed by atoms with E-state index in [0.717, 1.165) is 11.1 Å². The van der Waals surface area contributed by atoms with E-state index in [-0.39, 0.29) is 35.3 Å². The second-order valence-electron chi connectivity index (χ2n) is 9.76. The summed E-state index contributed by atoms with van der Waals surface area (Å²) in [6, 6.07) is 24.4. The highest BCUT2D eigenvalue weighted by atomic mass is 16.5. The van der Waals surface area contributed by atoms with Gasteiger partial charge in [0.2, 0.25) is 11.8 Å². The smallest absolute Gasteiger partial charge is 0.244 e. The van der Waals surface area contributed by atoms with Crippen LogP contribution in [-0.2, 0) is 14.3 Å². The molecule has 3 aromatic rings. The summed E-state index contributed by atoms with van der Waals surface area (Å²) in [5.74, 6) is -1.24. The first-order valence-corrected chi connectivity index (χ1v) is 13.3. The number of carbonyl (C=O) groups is 2. The van der Waals surface area contributed by atoms with Gasteiger partial charge in [-0.1, -0.05) is 60.7 Å². The van der Waals surface area contributed by atoms with Crippen molar-refractivity contribution in [1.82, 2.24) is 10.3 Å². The number of hydrogen-bond donors (Lipinski definition) is 2. The molecule has 0 spiro atoms. The Morgan fingerprint density at radius 2 is 1.59 bits per heavy atom. The number of hydrogen-bond acceptors (Lipinski definition) is 6. The highest BCUT2D eigenvalue weighted by molar-refractivity contribution is 5.91. The molecule has 2 fully saturated rings. The molecule has 1 saturated heterocycles. The molecule has 0 radical (unpaired) electrons. The lowest BCUT2D eigenvalue weighted by Gasteiger charge is -2.52. The molecule has 3 aromatic carbocycles. The molecule has 0 bridgehead atoms. The largest absolute Gasteiger partial charge is 0.504 e. The summed E-state index contributed by atoms with van der Waals surface area (Å²) in [6.45, 7) is 4.39. The fourth-order valence-corrected chi connectivity index (χ4v) is 5.68. The van der Waals surface area contributed by atoms with Gasteiger partial charge in [0.25, 0.3) is 0 Å². The lowest BCUT2D eigenvalue weighted by molar-refractivity contribution is -0.151. The summed E-state index contributed by atoms with van der Waals surface area (Å²) < 4.78 is 10.9. The van der Waals surface area contributed by atoms with E-state index in [2.05, 4.69) is 10.5 Å². The third-order valence-electron chi connectivity index (χ3n) is 7.50. The Morgan fingerprint density at radius 1 is 0.974 bits per heavy atom. The van der Waals surface area contributed by atoms with Gasteiger partial charge in [0.1, 0.15) is 0 Å². The SMILES string of the molecule is CCOc1cc(/C=N\NC(=O)C2[C@H](c3ccccc3)C(C(=O)N3CCOCC3)[C@H]2c2ccccc2)ccc1O. The van der Waals surface area contributed by atoms with Crippen LogP contribution in [0.25, 0.3) is 0 Å². The first kappa shape index (κ1) is 26.4. The molecule has 0 aromatic heterocycles. The van der Waals surface area contributed by atoms with Crippen LogP contribution < -0.4 is 10.2 Å². The Labute approximate surface area is 228 Å². The molecule has 1 heterocycles. The van der Waals surface area contributed by atoms with Crippen molar-refractivity contribution in [3.63, 3.8) is 0 Å². The number of morpholine rings is 1. The summed E-state index contributed by atoms with van der Waals surface area (Å²) in [7, 11) is 0. The molecule has 8 heteroatoms. The predicted octanol–water partition coefficient (Wildman–Crippen LogP) is 3.91. The van der Waals surface area contributed by atoms with Crippen molar-refractivity contribution in [3.8, 4) is 11.5 Å². The molecule has 5 rings (SSSR count). The average molecular weight is 528 g/mol. The normalized spacial score (nSPS) is 22.7. The van der Waals surface area contributed by atoms with Gasteiger partial charge < -0.3 is 19.5 Å². The Bertz CT molecular complexity index is 1260. The van der Waals surface area contributed by atoms with E-state index in [1.54, 1.807) is 12.1 Å². The van der Waals surface area contributed by atoms with Crippen molar-refractivity contribution in [1.29, 1.82) is 0 Å². The van der Waals surface area contributed by atoms with Gasteiger partial charge in [-0.25, -0.2) is 5.43 Å². The Hall–Kier alpha value is -4.17. The minimum atomic E-state index is -0.485. The van der Waals surface area contributed by atoms with Crippen LogP contribution >= 0.6 is 0 Å². The number of phenols is 1. The summed E-state index contributed by atoms with van der Waals surface area (Å²) in [6.07, 6.45) is 1.52. The molecule has 0 unspecified atom stereocenters. The van der Waals surface area contributed by atoms with Gasteiger partial charge in [0.15, 0.2) is 11.5 Å². The molecule has 202 valence electrons. The van der Waals surface area contributed by atoms with Crippen molar-refractivity contribution in [2.24, 2.45) is 16.9 Å². The monoisotopic (exact) mass is 527 g/mol.